The second kappa shape index (κ2) is 12.4. The molecule has 2 aromatic heterocycles. The highest BCUT2D eigenvalue weighted by Crippen LogP contribution is 2.45. The summed E-state index contributed by atoms with van der Waals surface area (Å²) in [4.78, 5) is 0. The zero-order chi connectivity index (χ0) is 36.3. The SMILES string of the molecule is N#Cc1cc(-n2c3ccccc3c3ccc(-c4ccccc4)cc32)c(-c2c(F)cccc2F)c(-n2c3ccccc3c3ccc(-c4ccccc4)cc32)c1. The quantitative estimate of drug-likeness (QED) is 0.176. The van der Waals surface area contributed by atoms with Crippen LogP contribution in [0.15, 0.2) is 176 Å². The fraction of sp³-hybridized carbons (Fsp3) is 0. The van der Waals surface area contributed by atoms with Crippen molar-refractivity contribution in [1.82, 2.24) is 9.13 Å². The van der Waals surface area contributed by atoms with E-state index in [0.717, 1.165) is 65.9 Å². The van der Waals surface area contributed by atoms with Crippen molar-refractivity contribution in [2.45, 2.75) is 0 Å². The van der Waals surface area contributed by atoms with Crippen LogP contribution in [0.5, 0.6) is 0 Å². The molecular weight excluding hydrogens is 669 g/mol. The van der Waals surface area contributed by atoms with E-state index in [1.165, 1.54) is 18.2 Å². The van der Waals surface area contributed by atoms with E-state index >= 15 is 8.78 Å². The Bertz CT molecular complexity index is 2930. The Morgan fingerprint density at radius 2 is 0.796 bits per heavy atom. The normalized spacial score (nSPS) is 11.5. The van der Waals surface area contributed by atoms with E-state index in [1.54, 1.807) is 12.1 Å². The Morgan fingerprint density at radius 3 is 1.26 bits per heavy atom. The Balaban J connectivity index is 1.39. The molecule has 0 aliphatic carbocycles. The fourth-order valence-electron chi connectivity index (χ4n) is 8.10. The number of fused-ring (bicyclic) bond motifs is 6. The van der Waals surface area contributed by atoms with Crippen LogP contribution in [0, 0.1) is 23.0 Å². The lowest BCUT2D eigenvalue weighted by atomic mass is 9.97. The van der Waals surface area contributed by atoms with Gasteiger partial charge in [-0.05, 0) is 70.8 Å². The van der Waals surface area contributed by atoms with E-state index in [4.69, 9.17) is 0 Å². The molecule has 3 nitrogen and oxygen atoms in total. The van der Waals surface area contributed by atoms with Crippen molar-refractivity contribution < 1.29 is 8.78 Å². The van der Waals surface area contributed by atoms with Crippen LogP contribution in [0.2, 0.25) is 0 Å². The second-order valence-electron chi connectivity index (χ2n) is 13.5. The van der Waals surface area contributed by atoms with Gasteiger partial charge < -0.3 is 9.13 Å². The first-order valence-electron chi connectivity index (χ1n) is 17.8. The van der Waals surface area contributed by atoms with Gasteiger partial charge in [-0.25, -0.2) is 8.78 Å². The predicted molar refractivity (Wildman–Crippen MR) is 216 cm³/mol. The van der Waals surface area contributed by atoms with Gasteiger partial charge in [-0.15, -0.1) is 0 Å². The van der Waals surface area contributed by atoms with Gasteiger partial charge in [-0.1, -0.05) is 127 Å². The van der Waals surface area contributed by atoms with E-state index in [1.807, 2.05) is 72.8 Å². The molecule has 0 saturated carbocycles. The Hall–Kier alpha value is -7.29. The van der Waals surface area contributed by atoms with Crippen LogP contribution in [-0.2, 0) is 0 Å². The number of benzene rings is 8. The third-order valence-electron chi connectivity index (χ3n) is 10.5. The molecule has 0 aliphatic rings. The summed E-state index contributed by atoms with van der Waals surface area (Å²) in [5.41, 5.74) is 9.01. The fourth-order valence-corrected chi connectivity index (χ4v) is 8.10. The van der Waals surface area contributed by atoms with Crippen molar-refractivity contribution in [2.24, 2.45) is 0 Å². The Labute approximate surface area is 309 Å². The summed E-state index contributed by atoms with van der Waals surface area (Å²) < 4.78 is 37.1. The standard InChI is InChI=1S/C49H29F2N3/c50-40-18-11-19-41(51)48(40)49-46(53-42-20-9-7-16-36(42)38-24-22-34(28-44(38)53)32-12-3-1-4-13-32)26-31(30-52)27-47(49)54-43-21-10-8-17-37(43)39-25-23-35(29-45(39)54)33-14-5-2-6-15-33/h1-29H. The second-order valence-corrected chi connectivity index (χ2v) is 13.5. The first-order valence-corrected chi connectivity index (χ1v) is 17.8. The molecule has 0 N–H and O–H groups in total. The van der Waals surface area contributed by atoms with E-state index in [-0.39, 0.29) is 5.56 Å². The summed E-state index contributed by atoms with van der Waals surface area (Å²) in [5.74, 6) is -1.39. The molecule has 254 valence electrons. The van der Waals surface area contributed by atoms with Gasteiger partial charge in [0.25, 0.3) is 0 Å². The smallest absolute Gasteiger partial charge is 0.134 e. The lowest BCUT2D eigenvalue weighted by Gasteiger charge is -2.21. The molecule has 54 heavy (non-hydrogen) atoms. The number of para-hydroxylation sites is 2. The summed E-state index contributed by atoms with van der Waals surface area (Å²) >= 11 is 0. The molecule has 2 heterocycles. The van der Waals surface area contributed by atoms with Gasteiger partial charge in [0.05, 0.1) is 50.6 Å². The number of hydrogen-bond donors (Lipinski definition) is 0. The van der Waals surface area contributed by atoms with Gasteiger partial charge >= 0.3 is 0 Å². The van der Waals surface area contributed by atoms with Crippen molar-refractivity contribution >= 4 is 43.6 Å². The average molecular weight is 698 g/mol. The van der Waals surface area contributed by atoms with Crippen molar-refractivity contribution in [3.05, 3.63) is 193 Å². The molecule has 0 aliphatic heterocycles. The van der Waals surface area contributed by atoms with Gasteiger partial charge in [-0.2, -0.15) is 5.26 Å². The maximum Gasteiger partial charge on any atom is 0.134 e. The van der Waals surface area contributed by atoms with Gasteiger partial charge in [-0.3, -0.25) is 0 Å². The van der Waals surface area contributed by atoms with Crippen LogP contribution in [0.25, 0.3) is 88.4 Å². The lowest BCUT2D eigenvalue weighted by molar-refractivity contribution is 0.589. The van der Waals surface area contributed by atoms with E-state index in [9.17, 15) is 5.26 Å². The number of hydrogen-bond acceptors (Lipinski definition) is 1. The lowest BCUT2D eigenvalue weighted by Crippen LogP contribution is -2.07. The number of halogens is 2. The first-order chi connectivity index (χ1) is 26.6. The average Bonchev–Trinajstić information content (AvgIpc) is 3.73. The molecule has 8 aromatic carbocycles. The number of nitriles is 1. The highest BCUT2D eigenvalue weighted by Gasteiger charge is 2.26. The van der Waals surface area contributed by atoms with Gasteiger partial charge in [0, 0.05) is 27.1 Å². The number of nitrogens with zero attached hydrogens (tertiary/aromatic N) is 3. The summed E-state index contributed by atoms with van der Waals surface area (Å²) in [6.07, 6.45) is 0. The predicted octanol–water partition coefficient (Wildman–Crippen LogP) is 13.0. The maximum atomic E-state index is 16.5. The molecule has 0 amide bonds. The molecule has 10 rings (SSSR count). The summed E-state index contributed by atoms with van der Waals surface area (Å²) in [6.45, 7) is 0. The minimum Gasteiger partial charge on any atom is -0.308 e. The first kappa shape index (κ1) is 31.4. The molecule has 0 saturated heterocycles. The van der Waals surface area contributed by atoms with Crippen molar-refractivity contribution in [1.29, 1.82) is 5.26 Å². The number of aromatic nitrogens is 2. The molecule has 0 fully saturated rings. The van der Waals surface area contributed by atoms with E-state index < -0.39 is 11.6 Å². The van der Waals surface area contributed by atoms with Crippen LogP contribution >= 0.6 is 0 Å². The monoisotopic (exact) mass is 697 g/mol. The van der Waals surface area contributed by atoms with E-state index in [2.05, 4.69) is 88.0 Å². The van der Waals surface area contributed by atoms with Crippen LogP contribution in [0.1, 0.15) is 5.56 Å². The van der Waals surface area contributed by atoms with Crippen molar-refractivity contribution in [3.8, 4) is 50.8 Å². The molecule has 0 atom stereocenters. The van der Waals surface area contributed by atoms with Gasteiger partial charge in [0.1, 0.15) is 11.6 Å². The highest BCUT2D eigenvalue weighted by molar-refractivity contribution is 6.13. The van der Waals surface area contributed by atoms with Crippen LogP contribution in [-0.4, -0.2) is 9.13 Å². The Kier molecular flexibility index (Phi) is 7.24. The van der Waals surface area contributed by atoms with Crippen molar-refractivity contribution in [2.75, 3.05) is 0 Å². The highest BCUT2D eigenvalue weighted by atomic mass is 19.1. The van der Waals surface area contributed by atoms with Crippen LogP contribution in [0.3, 0.4) is 0 Å². The third kappa shape index (κ3) is 4.85. The molecule has 0 unspecified atom stereocenters. The zero-order valence-corrected chi connectivity index (χ0v) is 28.8. The molecule has 0 spiro atoms. The summed E-state index contributed by atoms with van der Waals surface area (Å²) in [5, 5.41) is 14.6. The maximum absolute atomic E-state index is 16.5. The Morgan fingerprint density at radius 1 is 0.370 bits per heavy atom. The molecular formula is C49H29F2N3. The van der Waals surface area contributed by atoms with Crippen LogP contribution in [0.4, 0.5) is 8.78 Å². The molecule has 0 bridgehead atoms. The minimum absolute atomic E-state index is 0.165. The van der Waals surface area contributed by atoms with E-state index in [0.29, 0.717) is 22.5 Å². The molecule has 0 radical (unpaired) electrons. The van der Waals surface area contributed by atoms with Crippen LogP contribution < -0.4 is 0 Å². The summed E-state index contributed by atoms with van der Waals surface area (Å²) in [7, 11) is 0. The zero-order valence-electron chi connectivity index (χ0n) is 28.8. The molecule has 10 aromatic rings. The number of rotatable bonds is 5. The van der Waals surface area contributed by atoms with Gasteiger partial charge in [0.2, 0.25) is 0 Å². The topological polar surface area (TPSA) is 33.6 Å². The summed E-state index contributed by atoms with van der Waals surface area (Å²) in [6, 6.07) is 58.9. The third-order valence-corrected chi connectivity index (χ3v) is 10.5. The van der Waals surface area contributed by atoms with Crippen molar-refractivity contribution in [3.63, 3.8) is 0 Å². The largest absolute Gasteiger partial charge is 0.308 e. The molecule has 5 heteroatoms. The minimum atomic E-state index is -0.696. The van der Waals surface area contributed by atoms with Gasteiger partial charge in [0.15, 0.2) is 0 Å².